The molecule has 2 atom stereocenters. The normalized spacial score (nSPS) is 23.1. The molecule has 0 bridgehead atoms. The topological polar surface area (TPSA) is 15.3 Å². The van der Waals surface area contributed by atoms with Crippen molar-refractivity contribution in [3.8, 4) is 0 Å². The Hall–Kier alpha value is -1.02. The molecule has 1 aromatic carbocycles. The van der Waals surface area contributed by atoms with E-state index in [0.717, 1.165) is 19.0 Å². The summed E-state index contributed by atoms with van der Waals surface area (Å²) in [6, 6.07) is 7.65. The van der Waals surface area contributed by atoms with Gasteiger partial charge in [-0.1, -0.05) is 19.9 Å². The Morgan fingerprint density at radius 3 is 2.80 bits per heavy atom. The maximum atomic E-state index is 3.49. The first-order valence-corrected chi connectivity index (χ1v) is 8.20. The van der Waals surface area contributed by atoms with Crippen LogP contribution in [-0.4, -0.2) is 19.1 Å². The molecule has 0 amide bonds. The summed E-state index contributed by atoms with van der Waals surface area (Å²) in [6.07, 6.45) is 3.89. The van der Waals surface area contributed by atoms with Crippen LogP contribution >= 0.6 is 0 Å². The molecule has 0 aromatic heterocycles. The van der Waals surface area contributed by atoms with Crippen molar-refractivity contribution in [1.29, 1.82) is 0 Å². The molecule has 112 valence electrons. The van der Waals surface area contributed by atoms with Gasteiger partial charge in [0, 0.05) is 24.8 Å². The number of nitrogens with one attached hydrogen (secondary N) is 1. The highest BCUT2D eigenvalue weighted by atomic mass is 15.2. The zero-order valence-electron chi connectivity index (χ0n) is 13.6. The second-order valence-corrected chi connectivity index (χ2v) is 6.34. The molecule has 0 aliphatic carbocycles. The van der Waals surface area contributed by atoms with Crippen LogP contribution in [0, 0.1) is 12.8 Å². The summed E-state index contributed by atoms with van der Waals surface area (Å²) >= 11 is 0. The second-order valence-electron chi connectivity index (χ2n) is 6.34. The molecule has 2 heteroatoms. The minimum atomic E-state index is 0.659. The number of hydrogen-bond acceptors (Lipinski definition) is 2. The van der Waals surface area contributed by atoms with Gasteiger partial charge in [-0.3, -0.25) is 0 Å². The van der Waals surface area contributed by atoms with Gasteiger partial charge in [0.15, 0.2) is 0 Å². The number of aryl methyl sites for hydroxylation is 1. The number of nitrogens with zero attached hydrogens (tertiary/aromatic N) is 1. The van der Waals surface area contributed by atoms with Gasteiger partial charge in [0.1, 0.15) is 0 Å². The first-order chi connectivity index (χ1) is 9.63. The van der Waals surface area contributed by atoms with Crippen LogP contribution in [0.1, 0.15) is 51.2 Å². The van der Waals surface area contributed by atoms with Gasteiger partial charge in [-0.05, 0) is 68.8 Å². The molecule has 2 rings (SSSR count). The third-order valence-electron chi connectivity index (χ3n) is 4.77. The summed E-state index contributed by atoms with van der Waals surface area (Å²) in [7, 11) is 0. The first-order valence-electron chi connectivity index (χ1n) is 8.20. The van der Waals surface area contributed by atoms with E-state index in [1.165, 1.54) is 42.6 Å². The van der Waals surface area contributed by atoms with Crippen molar-refractivity contribution in [2.45, 2.75) is 59.5 Å². The first kappa shape index (κ1) is 15.4. The van der Waals surface area contributed by atoms with E-state index in [2.05, 4.69) is 56.1 Å². The van der Waals surface area contributed by atoms with E-state index >= 15 is 0 Å². The van der Waals surface area contributed by atoms with Crippen LogP contribution in [0.3, 0.4) is 0 Å². The van der Waals surface area contributed by atoms with E-state index in [1.807, 2.05) is 0 Å². The SMILES string of the molecule is CCCNCc1ccc(N2CCCC(C)C2C)cc1C. The Bertz CT molecular complexity index is 427. The van der Waals surface area contributed by atoms with Gasteiger partial charge in [-0.25, -0.2) is 0 Å². The Morgan fingerprint density at radius 1 is 1.30 bits per heavy atom. The number of hydrogen-bond donors (Lipinski definition) is 1. The maximum Gasteiger partial charge on any atom is 0.0371 e. The van der Waals surface area contributed by atoms with Crippen molar-refractivity contribution in [2.24, 2.45) is 5.92 Å². The highest BCUT2D eigenvalue weighted by molar-refractivity contribution is 5.52. The van der Waals surface area contributed by atoms with Crippen molar-refractivity contribution in [3.05, 3.63) is 29.3 Å². The summed E-state index contributed by atoms with van der Waals surface area (Å²) in [6.45, 7) is 12.5. The number of benzene rings is 1. The third kappa shape index (κ3) is 3.54. The van der Waals surface area contributed by atoms with Crippen molar-refractivity contribution >= 4 is 5.69 Å². The average Bonchev–Trinajstić information content (AvgIpc) is 2.44. The minimum absolute atomic E-state index is 0.659. The van der Waals surface area contributed by atoms with Crippen LogP contribution in [0.15, 0.2) is 18.2 Å². The maximum absolute atomic E-state index is 3.49. The molecule has 1 fully saturated rings. The summed E-state index contributed by atoms with van der Waals surface area (Å²) in [4.78, 5) is 2.59. The van der Waals surface area contributed by atoms with E-state index in [-0.39, 0.29) is 0 Å². The van der Waals surface area contributed by atoms with Gasteiger partial charge in [0.2, 0.25) is 0 Å². The molecule has 1 saturated heterocycles. The lowest BCUT2D eigenvalue weighted by Crippen LogP contribution is -2.42. The second kappa shape index (κ2) is 7.12. The molecule has 2 unspecified atom stereocenters. The molecule has 0 saturated carbocycles. The Morgan fingerprint density at radius 2 is 2.10 bits per heavy atom. The van der Waals surface area contributed by atoms with Crippen LogP contribution in [0.5, 0.6) is 0 Å². The monoisotopic (exact) mass is 274 g/mol. The predicted octanol–water partition coefficient (Wildman–Crippen LogP) is 4.12. The molecule has 1 heterocycles. The zero-order chi connectivity index (χ0) is 14.5. The van der Waals surface area contributed by atoms with Crippen LogP contribution in [0.2, 0.25) is 0 Å². The van der Waals surface area contributed by atoms with Crippen LogP contribution in [-0.2, 0) is 6.54 Å². The molecule has 20 heavy (non-hydrogen) atoms. The molecule has 1 aliphatic rings. The minimum Gasteiger partial charge on any atom is -0.369 e. The fraction of sp³-hybridized carbons (Fsp3) is 0.667. The van der Waals surface area contributed by atoms with Crippen LogP contribution in [0.4, 0.5) is 5.69 Å². The lowest BCUT2D eigenvalue weighted by molar-refractivity contribution is 0.363. The molecule has 0 spiro atoms. The van der Waals surface area contributed by atoms with Gasteiger partial charge >= 0.3 is 0 Å². The van der Waals surface area contributed by atoms with Crippen molar-refractivity contribution in [3.63, 3.8) is 0 Å². The van der Waals surface area contributed by atoms with Crippen LogP contribution < -0.4 is 10.2 Å². The Labute approximate surface area is 124 Å². The molecule has 1 N–H and O–H groups in total. The molecular weight excluding hydrogens is 244 g/mol. The molecule has 1 aliphatic heterocycles. The third-order valence-corrected chi connectivity index (χ3v) is 4.77. The Kier molecular flexibility index (Phi) is 5.47. The fourth-order valence-corrected chi connectivity index (χ4v) is 3.16. The zero-order valence-corrected chi connectivity index (χ0v) is 13.6. The number of anilines is 1. The number of rotatable bonds is 5. The van der Waals surface area contributed by atoms with E-state index in [4.69, 9.17) is 0 Å². The van der Waals surface area contributed by atoms with Gasteiger partial charge in [0.05, 0.1) is 0 Å². The van der Waals surface area contributed by atoms with Crippen molar-refractivity contribution < 1.29 is 0 Å². The molecule has 1 aromatic rings. The number of piperidine rings is 1. The lowest BCUT2D eigenvalue weighted by Gasteiger charge is -2.40. The van der Waals surface area contributed by atoms with Gasteiger partial charge in [-0.2, -0.15) is 0 Å². The standard InChI is InChI=1S/C18H30N2/c1-5-10-19-13-17-8-9-18(12-15(17)3)20-11-6-7-14(2)16(20)4/h8-9,12,14,16,19H,5-7,10-11,13H2,1-4H3. The van der Waals surface area contributed by atoms with E-state index < -0.39 is 0 Å². The highest BCUT2D eigenvalue weighted by Crippen LogP contribution is 2.29. The van der Waals surface area contributed by atoms with Gasteiger partial charge < -0.3 is 10.2 Å². The summed E-state index contributed by atoms with van der Waals surface area (Å²) in [5.74, 6) is 0.801. The summed E-state index contributed by atoms with van der Waals surface area (Å²) in [5, 5.41) is 3.49. The summed E-state index contributed by atoms with van der Waals surface area (Å²) < 4.78 is 0. The van der Waals surface area contributed by atoms with E-state index in [9.17, 15) is 0 Å². The Balaban J connectivity index is 2.08. The van der Waals surface area contributed by atoms with Gasteiger partial charge in [-0.15, -0.1) is 0 Å². The molecule has 0 radical (unpaired) electrons. The molecular formula is C18H30N2. The van der Waals surface area contributed by atoms with Gasteiger partial charge in [0.25, 0.3) is 0 Å². The quantitative estimate of drug-likeness (QED) is 0.813. The van der Waals surface area contributed by atoms with E-state index in [0.29, 0.717) is 6.04 Å². The highest BCUT2D eigenvalue weighted by Gasteiger charge is 2.24. The predicted molar refractivity (Wildman–Crippen MR) is 88.4 cm³/mol. The molecule has 2 nitrogen and oxygen atoms in total. The lowest BCUT2D eigenvalue weighted by atomic mass is 9.91. The van der Waals surface area contributed by atoms with E-state index in [1.54, 1.807) is 0 Å². The van der Waals surface area contributed by atoms with Crippen molar-refractivity contribution in [2.75, 3.05) is 18.0 Å². The fourth-order valence-electron chi connectivity index (χ4n) is 3.16. The smallest absolute Gasteiger partial charge is 0.0371 e. The summed E-state index contributed by atoms with van der Waals surface area (Å²) in [5.41, 5.74) is 4.25. The van der Waals surface area contributed by atoms with Crippen molar-refractivity contribution in [1.82, 2.24) is 5.32 Å². The van der Waals surface area contributed by atoms with Crippen LogP contribution in [0.25, 0.3) is 0 Å². The average molecular weight is 274 g/mol. The largest absolute Gasteiger partial charge is 0.369 e.